The van der Waals surface area contributed by atoms with E-state index in [1.54, 1.807) is 18.0 Å². The maximum Gasteiger partial charge on any atom is 0.253 e. The zero-order valence-corrected chi connectivity index (χ0v) is 18.9. The highest BCUT2D eigenvalue weighted by molar-refractivity contribution is 5.78. The first-order chi connectivity index (χ1) is 15.5. The van der Waals surface area contributed by atoms with Crippen LogP contribution in [0.1, 0.15) is 61.2 Å². The first kappa shape index (κ1) is 22.7. The van der Waals surface area contributed by atoms with Crippen molar-refractivity contribution in [3.05, 3.63) is 63.8 Å². The lowest BCUT2D eigenvalue weighted by molar-refractivity contribution is -0.132. The van der Waals surface area contributed by atoms with Crippen molar-refractivity contribution in [2.75, 3.05) is 33.2 Å². The molecule has 1 atom stereocenters. The van der Waals surface area contributed by atoms with Gasteiger partial charge in [0.1, 0.15) is 5.82 Å². The molecule has 172 valence electrons. The zero-order valence-electron chi connectivity index (χ0n) is 18.9. The SMILES string of the molecule is CN(C[C@H](O)c1ccccc1)C(=O)CN1CCC(c2cc(=O)n3c(n2)CCCCC3)CC1. The molecule has 7 heteroatoms. The Hall–Kier alpha value is -2.51. The van der Waals surface area contributed by atoms with Crippen LogP contribution in [-0.2, 0) is 17.8 Å². The number of aryl methyl sites for hydroxylation is 1. The molecule has 2 aromatic rings. The smallest absolute Gasteiger partial charge is 0.253 e. The van der Waals surface area contributed by atoms with E-state index < -0.39 is 6.10 Å². The normalized spacial score (nSPS) is 18.6. The van der Waals surface area contributed by atoms with Gasteiger partial charge in [0.2, 0.25) is 5.91 Å². The number of fused-ring (bicyclic) bond motifs is 1. The lowest BCUT2D eigenvalue weighted by Crippen LogP contribution is -2.43. The molecule has 1 N–H and O–H groups in total. The monoisotopic (exact) mass is 438 g/mol. The van der Waals surface area contributed by atoms with Crippen molar-refractivity contribution in [1.82, 2.24) is 19.4 Å². The van der Waals surface area contributed by atoms with E-state index in [1.807, 2.05) is 34.9 Å². The number of hydrogen-bond donors (Lipinski definition) is 1. The molecule has 0 radical (unpaired) electrons. The summed E-state index contributed by atoms with van der Waals surface area (Å²) in [5, 5.41) is 10.4. The van der Waals surface area contributed by atoms with Crippen molar-refractivity contribution >= 4 is 5.91 Å². The van der Waals surface area contributed by atoms with Crippen molar-refractivity contribution in [3.63, 3.8) is 0 Å². The van der Waals surface area contributed by atoms with E-state index in [4.69, 9.17) is 4.98 Å². The van der Waals surface area contributed by atoms with E-state index in [2.05, 4.69) is 4.90 Å². The van der Waals surface area contributed by atoms with Crippen LogP contribution >= 0.6 is 0 Å². The Balaban J connectivity index is 1.29. The number of aromatic nitrogens is 2. The summed E-state index contributed by atoms with van der Waals surface area (Å²) in [6, 6.07) is 11.2. The van der Waals surface area contributed by atoms with Gasteiger partial charge in [0.05, 0.1) is 24.9 Å². The molecule has 1 saturated heterocycles. The Morgan fingerprint density at radius 3 is 2.66 bits per heavy atom. The average Bonchev–Trinajstić information content (AvgIpc) is 3.06. The summed E-state index contributed by atoms with van der Waals surface area (Å²) in [4.78, 5) is 33.9. The average molecular weight is 439 g/mol. The number of likely N-dealkylation sites (N-methyl/N-ethyl adjacent to an activating group) is 1. The van der Waals surface area contributed by atoms with Gasteiger partial charge in [-0.05, 0) is 44.3 Å². The summed E-state index contributed by atoms with van der Waals surface area (Å²) >= 11 is 0. The Morgan fingerprint density at radius 1 is 1.16 bits per heavy atom. The Morgan fingerprint density at radius 2 is 1.91 bits per heavy atom. The second-order valence-corrected chi connectivity index (χ2v) is 9.15. The van der Waals surface area contributed by atoms with Crippen LogP contribution in [0.15, 0.2) is 41.2 Å². The molecule has 0 saturated carbocycles. The van der Waals surface area contributed by atoms with Gasteiger partial charge in [-0.1, -0.05) is 36.8 Å². The molecule has 0 unspecified atom stereocenters. The third-order valence-corrected chi connectivity index (χ3v) is 6.81. The molecule has 1 fully saturated rings. The first-order valence-corrected chi connectivity index (χ1v) is 11.8. The second-order valence-electron chi connectivity index (χ2n) is 9.15. The van der Waals surface area contributed by atoms with Gasteiger partial charge in [0.25, 0.3) is 5.56 Å². The third kappa shape index (κ3) is 5.45. The fourth-order valence-electron chi connectivity index (χ4n) is 4.78. The fourth-order valence-corrected chi connectivity index (χ4v) is 4.78. The number of carbonyl (C=O) groups is 1. The van der Waals surface area contributed by atoms with E-state index in [0.29, 0.717) is 6.54 Å². The number of benzene rings is 1. The van der Waals surface area contributed by atoms with Crippen LogP contribution in [-0.4, -0.2) is 63.6 Å². The molecule has 3 heterocycles. The zero-order chi connectivity index (χ0) is 22.5. The minimum Gasteiger partial charge on any atom is -0.387 e. The highest BCUT2D eigenvalue weighted by atomic mass is 16.3. The molecule has 1 aromatic heterocycles. The molecule has 0 spiro atoms. The minimum absolute atomic E-state index is 0.0137. The highest BCUT2D eigenvalue weighted by Gasteiger charge is 2.26. The van der Waals surface area contributed by atoms with E-state index >= 15 is 0 Å². The van der Waals surface area contributed by atoms with E-state index in [-0.39, 0.29) is 23.9 Å². The molecule has 4 rings (SSSR count). The molecule has 2 aliphatic heterocycles. The van der Waals surface area contributed by atoms with Crippen molar-refractivity contribution in [2.45, 2.75) is 57.1 Å². The number of amides is 1. The van der Waals surface area contributed by atoms with Gasteiger partial charge in [0, 0.05) is 32.0 Å². The summed E-state index contributed by atoms with van der Waals surface area (Å²) in [6.45, 7) is 3.04. The quantitative estimate of drug-likeness (QED) is 0.749. The molecule has 0 bridgehead atoms. The first-order valence-electron chi connectivity index (χ1n) is 11.8. The van der Waals surface area contributed by atoms with Gasteiger partial charge < -0.3 is 10.0 Å². The number of rotatable bonds is 6. The van der Waals surface area contributed by atoms with Gasteiger partial charge in [-0.15, -0.1) is 0 Å². The Labute approximate surface area is 189 Å². The molecular formula is C25H34N4O3. The third-order valence-electron chi connectivity index (χ3n) is 6.81. The van der Waals surface area contributed by atoms with E-state index in [0.717, 1.165) is 75.2 Å². The predicted molar refractivity (Wildman–Crippen MR) is 124 cm³/mol. The number of aliphatic hydroxyl groups excluding tert-OH is 1. The van der Waals surface area contributed by atoms with Crippen LogP contribution in [0.4, 0.5) is 0 Å². The van der Waals surface area contributed by atoms with Crippen molar-refractivity contribution < 1.29 is 9.90 Å². The van der Waals surface area contributed by atoms with Crippen LogP contribution in [0.5, 0.6) is 0 Å². The number of hydrogen-bond acceptors (Lipinski definition) is 5. The Kier molecular flexibility index (Phi) is 7.37. The van der Waals surface area contributed by atoms with Crippen LogP contribution in [0.2, 0.25) is 0 Å². The number of nitrogens with zero attached hydrogens (tertiary/aromatic N) is 4. The van der Waals surface area contributed by atoms with Gasteiger partial charge in [0.15, 0.2) is 0 Å². The summed E-state index contributed by atoms with van der Waals surface area (Å²) in [6.07, 6.45) is 5.31. The molecular weight excluding hydrogens is 404 g/mol. The van der Waals surface area contributed by atoms with E-state index in [9.17, 15) is 14.7 Å². The van der Waals surface area contributed by atoms with Crippen LogP contribution in [0.25, 0.3) is 0 Å². The number of aliphatic hydroxyl groups is 1. The van der Waals surface area contributed by atoms with Crippen LogP contribution in [0, 0.1) is 0 Å². The predicted octanol–water partition coefficient (Wildman–Crippen LogP) is 2.34. The maximum atomic E-state index is 12.7. The standard InChI is InChI=1S/C25H34N4O3/c1-27(17-22(30)20-8-4-2-5-9-20)25(32)18-28-14-11-19(12-15-28)21-16-24(31)29-13-7-3-6-10-23(29)26-21/h2,4-5,8-9,16,19,22,30H,3,6-7,10-15,17-18H2,1H3/t22-/m0/s1. The fraction of sp³-hybridized carbons (Fsp3) is 0.560. The topological polar surface area (TPSA) is 78.7 Å². The van der Waals surface area contributed by atoms with Gasteiger partial charge in [-0.3, -0.25) is 19.1 Å². The van der Waals surface area contributed by atoms with Crippen molar-refractivity contribution in [1.29, 1.82) is 0 Å². The summed E-state index contributed by atoms with van der Waals surface area (Å²) in [7, 11) is 1.74. The summed E-state index contributed by atoms with van der Waals surface area (Å²) in [5.41, 5.74) is 1.83. The van der Waals surface area contributed by atoms with E-state index in [1.165, 1.54) is 0 Å². The number of carbonyl (C=O) groups excluding carboxylic acids is 1. The van der Waals surface area contributed by atoms with Crippen molar-refractivity contribution in [3.8, 4) is 0 Å². The summed E-state index contributed by atoms with van der Waals surface area (Å²) < 4.78 is 1.85. The van der Waals surface area contributed by atoms with Crippen molar-refractivity contribution in [2.24, 2.45) is 0 Å². The molecule has 1 aromatic carbocycles. The molecule has 32 heavy (non-hydrogen) atoms. The molecule has 2 aliphatic rings. The molecule has 0 aliphatic carbocycles. The Bertz CT molecular complexity index is 967. The van der Waals surface area contributed by atoms with Crippen LogP contribution in [0.3, 0.4) is 0 Å². The lowest BCUT2D eigenvalue weighted by atomic mass is 9.93. The highest BCUT2D eigenvalue weighted by Crippen LogP contribution is 2.27. The second kappa shape index (κ2) is 10.4. The van der Waals surface area contributed by atoms with Crippen LogP contribution < -0.4 is 5.56 Å². The summed E-state index contributed by atoms with van der Waals surface area (Å²) in [5.74, 6) is 1.24. The largest absolute Gasteiger partial charge is 0.387 e. The number of piperidine rings is 1. The maximum absolute atomic E-state index is 12.7. The number of likely N-dealkylation sites (tertiary alicyclic amines) is 1. The van der Waals surface area contributed by atoms with Gasteiger partial charge in [-0.2, -0.15) is 0 Å². The van der Waals surface area contributed by atoms with Gasteiger partial charge in [-0.25, -0.2) is 4.98 Å². The molecule has 7 nitrogen and oxygen atoms in total. The van der Waals surface area contributed by atoms with Gasteiger partial charge >= 0.3 is 0 Å². The minimum atomic E-state index is -0.686. The lowest BCUT2D eigenvalue weighted by Gasteiger charge is -2.32. The molecule has 1 amide bonds.